The lowest BCUT2D eigenvalue weighted by atomic mass is 9.81. The molecule has 0 fully saturated rings. The summed E-state index contributed by atoms with van der Waals surface area (Å²) >= 11 is 5.87. The summed E-state index contributed by atoms with van der Waals surface area (Å²) in [6, 6.07) is 5.26. The second-order valence-corrected chi connectivity index (χ2v) is 4.36. The summed E-state index contributed by atoms with van der Waals surface area (Å²) in [5.41, 5.74) is 7.91. The molecule has 80 valence electrons. The Labute approximate surface area is 92.8 Å². The van der Waals surface area contributed by atoms with Gasteiger partial charge in [-0.05, 0) is 36.1 Å². The predicted molar refractivity (Wildman–Crippen MR) is 57.8 cm³/mol. The highest BCUT2D eigenvalue weighted by molar-refractivity contribution is 6.30. The molecule has 0 amide bonds. The molecule has 2 atom stereocenters. The van der Waals surface area contributed by atoms with Gasteiger partial charge >= 0.3 is 5.97 Å². The molecule has 2 rings (SSSR count). The summed E-state index contributed by atoms with van der Waals surface area (Å²) in [7, 11) is 0. The van der Waals surface area contributed by atoms with Gasteiger partial charge in [-0.15, -0.1) is 0 Å². The molecule has 0 aromatic heterocycles. The van der Waals surface area contributed by atoms with Gasteiger partial charge in [0, 0.05) is 11.1 Å². The van der Waals surface area contributed by atoms with E-state index in [0.717, 1.165) is 11.1 Å². The molecular formula is C11H12ClNO2. The van der Waals surface area contributed by atoms with E-state index in [1.807, 2.05) is 12.1 Å². The standard InChI is InChI=1S/C11H12ClNO2/c12-8-2-1-6-3-7(11(14)15)4-10(13)9(6)5-8/h1-2,5,7,10H,3-4,13H2,(H,14,15)/t7-,10+/m0/s1. The summed E-state index contributed by atoms with van der Waals surface area (Å²) in [6.45, 7) is 0. The van der Waals surface area contributed by atoms with Crippen LogP contribution in [0.2, 0.25) is 5.02 Å². The normalized spacial score (nSPS) is 24.7. The van der Waals surface area contributed by atoms with Gasteiger partial charge in [-0.3, -0.25) is 4.79 Å². The van der Waals surface area contributed by atoms with Crippen LogP contribution in [-0.2, 0) is 11.2 Å². The van der Waals surface area contributed by atoms with Crippen LogP contribution in [0.3, 0.4) is 0 Å². The lowest BCUT2D eigenvalue weighted by Crippen LogP contribution is -2.28. The fourth-order valence-corrected chi connectivity index (χ4v) is 2.25. The van der Waals surface area contributed by atoms with Gasteiger partial charge in [0.15, 0.2) is 0 Å². The largest absolute Gasteiger partial charge is 0.481 e. The third-order valence-electron chi connectivity index (χ3n) is 2.86. The fraction of sp³-hybridized carbons (Fsp3) is 0.364. The Balaban J connectivity index is 2.36. The number of hydrogen-bond acceptors (Lipinski definition) is 2. The first-order valence-electron chi connectivity index (χ1n) is 4.84. The van der Waals surface area contributed by atoms with Crippen LogP contribution >= 0.6 is 11.6 Å². The highest BCUT2D eigenvalue weighted by Crippen LogP contribution is 2.33. The number of fused-ring (bicyclic) bond motifs is 1. The molecule has 0 radical (unpaired) electrons. The molecule has 0 unspecified atom stereocenters. The maximum Gasteiger partial charge on any atom is 0.306 e. The molecule has 0 aliphatic heterocycles. The number of carboxylic acids is 1. The lowest BCUT2D eigenvalue weighted by Gasteiger charge is -2.27. The minimum atomic E-state index is -0.772. The van der Waals surface area contributed by atoms with E-state index < -0.39 is 5.97 Å². The van der Waals surface area contributed by atoms with Gasteiger partial charge in [-0.1, -0.05) is 17.7 Å². The van der Waals surface area contributed by atoms with Gasteiger partial charge < -0.3 is 10.8 Å². The molecule has 0 saturated carbocycles. The van der Waals surface area contributed by atoms with Gasteiger partial charge in [-0.2, -0.15) is 0 Å². The maximum absolute atomic E-state index is 10.9. The van der Waals surface area contributed by atoms with Crippen molar-refractivity contribution < 1.29 is 9.90 Å². The molecule has 1 aliphatic carbocycles. The van der Waals surface area contributed by atoms with E-state index in [2.05, 4.69) is 0 Å². The molecule has 0 saturated heterocycles. The van der Waals surface area contributed by atoms with E-state index in [0.29, 0.717) is 17.9 Å². The molecule has 1 aromatic carbocycles. The van der Waals surface area contributed by atoms with Crippen molar-refractivity contribution in [3.05, 3.63) is 34.3 Å². The Morgan fingerprint density at radius 3 is 2.93 bits per heavy atom. The molecule has 0 spiro atoms. The molecule has 0 heterocycles. The third-order valence-corrected chi connectivity index (χ3v) is 3.10. The van der Waals surface area contributed by atoms with E-state index in [9.17, 15) is 4.79 Å². The van der Waals surface area contributed by atoms with Gasteiger partial charge in [0.05, 0.1) is 5.92 Å². The zero-order chi connectivity index (χ0) is 11.0. The van der Waals surface area contributed by atoms with Crippen LogP contribution in [0.4, 0.5) is 0 Å². The predicted octanol–water partition coefficient (Wildman–Crippen LogP) is 1.99. The van der Waals surface area contributed by atoms with Crippen molar-refractivity contribution in [1.29, 1.82) is 0 Å². The summed E-state index contributed by atoms with van der Waals surface area (Å²) in [5.74, 6) is -1.14. The zero-order valence-electron chi connectivity index (χ0n) is 8.11. The van der Waals surface area contributed by atoms with Crippen LogP contribution < -0.4 is 5.73 Å². The second kappa shape index (κ2) is 3.83. The minimum Gasteiger partial charge on any atom is -0.481 e. The summed E-state index contributed by atoms with van der Waals surface area (Å²) in [4.78, 5) is 10.9. The topological polar surface area (TPSA) is 63.3 Å². The maximum atomic E-state index is 10.9. The van der Waals surface area contributed by atoms with E-state index in [1.54, 1.807) is 6.07 Å². The first kappa shape index (κ1) is 10.5. The molecule has 3 N–H and O–H groups in total. The number of benzene rings is 1. The van der Waals surface area contributed by atoms with Gasteiger partial charge in [-0.25, -0.2) is 0 Å². The molecule has 15 heavy (non-hydrogen) atoms. The zero-order valence-corrected chi connectivity index (χ0v) is 8.87. The summed E-state index contributed by atoms with van der Waals surface area (Å²) < 4.78 is 0. The van der Waals surface area contributed by atoms with Crippen molar-refractivity contribution in [2.45, 2.75) is 18.9 Å². The molecular weight excluding hydrogens is 214 g/mol. The smallest absolute Gasteiger partial charge is 0.306 e. The van der Waals surface area contributed by atoms with Crippen LogP contribution in [0.25, 0.3) is 0 Å². The second-order valence-electron chi connectivity index (χ2n) is 3.92. The van der Waals surface area contributed by atoms with Crippen LogP contribution in [0, 0.1) is 5.92 Å². The summed E-state index contributed by atoms with van der Waals surface area (Å²) in [6.07, 6.45) is 1.04. The number of hydrogen-bond donors (Lipinski definition) is 2. The number of rotatable bonds is 1. The van der Waals surface area contributed by atoms with Crippen molar-refractivity contribution in [2.75, 3.05) is 0 Å². The highest BCUT2D eigenvalue weighted by Gasteiger charge is 2.28. The van der Waals surface area contributed by atoms with Gasteiger partial charge in [0.1, 0.15) is 0 Å². The number of carbonyl (C=O) groups is 1. The van der Waals surface area contributed by atoms with Gasteiger partial charge in [0.2, 0.25) is 0 Å². The first-order chi connectivity index (χ1) is 7.08. The van der Waals surface area contributed by atoms with Crippen LogP contribution in [-0.4, -0.2) is 11.1 Å². The molecule has 4 heteroatoms. The first-order valence-corrected chi connectivity index (χ1v) is 5.22. The number of halogens is 1. The van der Waals surface area contributed by atoms with Crippen molar-refractivity contribution in [3.8, 4) is 0 Å². The Morgan fingerprint density at radius 1 is 1.53 bits per heavy atom. The Kier molecular flexibility index (Phi) is 2.67. The lowest BCUT2D eigenvalue weighted by molar-refractivity contribution is -0.142. The monoisotopic (exact) mass is 225 g/mol. The van der Waals surface area contributed by atoms with Crippen LogP contribution in [0.1, 0.15) is 23.6 Å². The van der Waals surface area contributed by atoms with Crippen LogP contribution in [0.5, 0.6) is 0 Å². The highest BCUT2D eigenvalue weighted by atomic mass is 35.5. The Hall–Kier alpha value is -1.06. The van der Waals surface area contributed by atoms with Crippen molar-refractivity contribution in [3.63, 3.8) is 0 Å². The molecule has 0 bridgehead atoms. The average Bonchev–Trinajstić information content (AvgIpc) is 2.18. The van der Waals surface area contributed by atoms with E-state index in [1.165, 1.54) is 0 Å². The van der Waals surface area contributed by atoms with Crippen molar-refractivity contribution >= 4 is 17.6 Å². The van der Waals surface area contributed by atoms with E-state index in [-0.39, 0.29) is 12.0 Å². The third kappa shape index (κ3) is 1.98. The summed E-state index contributed by atoms with van der Waals surface area (Å²) in [5, 5.41) is 9.61. The number of aliphatic carboxylic acids is 1. The Morgan fingerprint density at radius 2 is 2.27 bits per heavy atom. The number of carboxylic acid groups (broad SMARTS) is 1. The van der Waals surface area contributed by atoms with Crippen molar-refractivity contribution in [1.82, 2.24) is 0 Å². The minimum absolute atomic E-state index is 0.214. The van der Waals surface area contributed by atoms with Crippen molar-refractivity contribution in [2.24, 2.45) is 11.7 Å². The number of nitrogens with two attached hydrogens (primary N) is 1. The molecule has 1 aliphatic rings. The van der Waals surface area contributed by atoms with E-state index >= 15 is 0 Å². The average molecular weight is 226 g/mol. The van der Waals surface area contributed by atoms with Gasteiger partial charge in [0.25, 0.3) is 0 Å². The fourth-order valence-electron chi connectivity index (χ4n) is 2.07. The quantitative estimate of drug-likeness (QED) is 0.768. The van der Waals surface area contributed by atoms with E-state index in [4.69, 9.17) is 22.4 Å². The van der Waals surface area contributed by atoms with Crippen LogP contribution in [0.15, 0.2) is 18.2 Å². The molecule has 3 nitrogen and oxygen atoms in total. The Bertz CT molecular complexity index is 406. The SMILES string of the molecule is N[C@@H]1C[C@@H](C(=O)O)Cc2ccc(Cl)cc21. The molecule has 1 aromatic rings.